The van der Waals surface area contributed by atoms with Gasteiger partial charge in [-0.05, 0) is 68.2 Å². The lowest BCUT2D eigenvalue weighted by Gasteiger charge is -2.42. The second kappa shape index (κ2) is 10.2. The van der Waals surface area contributed by atoms with E-state index in [9.17, 15) is 10.1 Å². The highest BCUT2D eigenvalue weighted by atomic mass is 16.2. The Kier molecular flexibility index (Phi) is 6.84. The van der Waals surface area contributed by atoms with Crippen LogP contribution in [-0.2, 0) is 4.79 Å². The molecule has 1 atom stereocenters. The van der Waals surface area contributed by atoms with Gasteiger partial charge in [0.15, 0.2) is 0 Å². The van der Waals surface area contributed by atoms with E-state index in [0.29, 0.717) is 43.5 Å². The van der Waals surface area contributed by atoms with E-state index in [2.05, 4.69) is 27.7 Å². The van der Waals surface area contributed by atoms with E-state index in [1.165, 1.54) is 0 Å². The summed E-state index contributed by atoms with van der Waals surface area (Å²) in [7, 11) is 0. The lowest BCUT2D eigenvalue weighted by atomic mass is 9.95. The molecule has 1 N–H and O–H groups in total. The number of hydrogen-bond donors (Lipinski definition) is 1. The summed E-state index contributed by atoms with van der Waals surface area (Å²) in [5.41, 5.74) is 4.96. The Hall–Kier alpha value is -3.57. The number of aliphatic hydroxyl groups is 1. The Morgan fingerprint density at radius 2 is 2.11 bits per heavy atom. The third-order valence-corrected chi connectivity index (χ3v) is 7.42. The van der Waals surface area contributed by atoms with Crippen molar-refractivity contribution in [2.75, 3.05) is 31.1 Å². The van der Waals surface area contributed by atoms with Crippen LogP contribution in [0.15, 0.2) is 31.0 Å². The van der Waals surface area contributed by atoms with Gasteiger partial charge in [-0.3, -0.25) is 4.79 Å². The lowest BCUT2D eigenvalue weighted by Crippen LogP contribution is -2.56. The third kappa shape index (κ3) is 4.76. The fourth-order valence-corrected chi connectivity index (χ4v) is 5.18. The number of piperazine rings is 1. The zero-order valence-corrected chi connectivity index (χ0v) is 20.7. The molecule has 8 nitrogen and oxygen atoms in total. The first-order valence-corrected chi connectivity index (χ1v) is 12.8. The lowest BCUT2D eigenvalue weighted by molar-refractivity contribution is -0.129. The van der Waals surface area contributed by atoms with E-state index in [-0.39, 0.29) is 18.6 Å². The summed E-state index contributed by atoms with van der Waals surface area (Å²) < 4.78 is 0. The van der Waals surface area contributed by atoms with Crippen LogP contribution in [0, 0.1) is 24.2 Å². The second-order valence-corrected chi connectivity index (χ2v) is 9.96. The predicted molar refractivity (Wildman–Crippen MR) is 138 cm³/mol. The average molecular weight is 485 g/mol. The first-order chi connectivity index (χ1) is 17.5. The van der Waals surface area contributed by atoms with Crippen LogP contribution in [-0.4, -0.2) is 63.4 Å². The Morgan fingerprint density at radius 1 is 1.31 bits per heavy atom. The summed E-state index contributed by atoms with van der Waals surface area (Å²) in [5.74, 6) is 1.56. The number of hydrogen-bond acceptors (Lipinski definition) is 7. The number of aromatic nitrogens is 3. The SMILES string of the molecule is C=Cc1cnnc(-c2c(C3CC3)nc(N3CCN(C(=O)C=CCCO)C(C4CC4)C3)c(C#N)c2C)c1. The van der Waals surface area contributed by atoms with E-state index in [0.717, 1.165) is 59.6 Å². The molecule has 36 heavy (non-hydrogen) atoms. The molecule has 2 saturated carbocycles. The molecule has 3 fully saturated rings. The van der Waals surface area contributed by atoms with Crippen LogP contribution >= 0.6 is 0 Å². The maximum Gasteiger partial charge on any atom is 0.246 e. The van der Waals surface area contributed by atoms with Gasteiger partial charge in [-0.15, -0.1) is 0 Å². The molecular weight excluding hydrogens is 452 g/mol. The molecular formula is C28H32N6O2. The quantitative estimate of drug-likeness (QED) is 0.571. The summed E-state index contributed by atoms with van der Waals surface area (Å²) >= 11 is 0. The van der Waals surface area contributed by atoms with Gasteiger partial charge in [-0.25, -0.2) is 4.98 Å². The van der Waals surface area contributed by atoms with Crippen LogP contribution in [0.1, 0.15) is 60.4 Å². The topological polar surface area (TPSA) is 106 Å². The zero-order valence-electron chi connectivity index (χ0n) is 20.7. The number of nitrogens with zero attached hydrogens (tertiary/aromatic N) is 6. The van der Waals surface area contributed by atoms with Crippen LogP contribution in [0.5, 0.6) is 0 Å². The van der Waals surface area contributed by atoms with Gasteiger partial charge in [0.2, 0.25) is 5.91 Å². The molecule has 8 heteroatoms. The number of carbonyl (C=O) groups excluding carboxylic acids is 1. The number of carbonyl (C=O) groups is 1. The van der Waals surface area contributed by atoms with Gasteiger partial charge in [-0.2, -0.15) is 15.5 Å². The second-order valence-electron chi connectivity index (χ2n) is 9.96. The van der Waals surface area contributed by atoms with Gasteiger partial charge in [0.25, 0.3) is 0 Å². The summed E-state index contributed by atoms with van der Waals surface area (Å²) in [6, 6.07) is 4.47. The molecule has 1 saturated heterocycles. The van der Waals surface area contributed by atoms with Gasteiger partial charge in [-0.1, -0.05) is 18.7 Å². The minimum absolute atomic E-state index is 0.000612. The Labute approximate surface area is 212 Å². The smallest absolute Gasteiger partial charge is 0.246 e. The van der Waals surface area contributed by atoms with Crippen LogP contribution in [0.2, 0.25) is 0 Å². The van der Waals surface area contributed by atoms with Crippen molar-refractivity contribution < 1.29 is 9.90 Å². The highest BCUT2D eigenvalue weighted by Crippen LogP contribution is 2.46. The van der Waals surface area contributed by atoms with Gasteiger partial charge in [0.05, 0.1) is 29.2 Å². The molecule has 5 rings (SSSR count). The van der Waals surface area contributed by atoms with E-state index in [1.54, 1.807) is 24.4 Å². The molecule has 0 bridgehead atoms. The molecule has 0 radical (unpaired) electrons. The van der Waals surface area contributed by atoms with Gasteiger partial charge < -0.3 is 14.9 Å². The van der Waals surface area contributed by atoms with Crippen LogP contribution in [0.3, 0.4) is 0 Å². The molecule has 2 aliphatic carbocycles. The largest absolute Gasteiger partial charge is 0.396 e. The Balaban J connectivity index is 1.50. The van der Waals surface area contributed by atoms with Crippen LogP contribution in [0.4, 0.5) is 5.82 Å². The van der Waals surface area contributed by atoms with Crippen molar-refractivity contribution >= 4 is 17.8 Å². The maximum absolute atomic E-state index is 12.9. The minimum atomic E-state index is -0.000612. The van der Waals surface area contributed by atoms with Crippen molar-refractivity contribution in [2.24, 2.45) is 5.92 Å². The summed E-state index contributed by atoms with van der Waals surface area (Å²) in [6.45, 7) is 7.74. The highest BCUT2D eigenvalue weighted by Gasteiger charge is 2.41. The molecule has 186 valence electrons. The Bertz CT molecular complexity index is 1240. The number of amides is 1. The first kappa shape index (κ1) is 24.1. The number of aliphatic hydroxyl groups excluding tert-OH is 1. The molecule has 1 unspecified atom stereocenters. The maximum atomic E-state index is 12.9. The molecule has 1 amide bonds. The van der Waals surface area contributed by atoms with Gasteiger partial charge in [0.1, 0.15) is 11.9 Å². The average Bonchev–Trinajstić information content (AvgIpc) is 3.81. The van der Waals surface area contributed by atoms with E-state index in [4.69, 9.17) is 10.1 Å². The number of anilines is 1. The molecule has 0 aromatic carbocycles. The van der Waals surface area contributed by atoms with Crippen molar-refractivity contribution in [2.45, 2.75) is 51.0 Å². The number of nitriles is 1. The fourth-order valence-electron chi connectivity index (χ4n) is 5.18. The van der Waals surface area contributed by atoms with E-state index < -0.39 is 0 Å². The van der Waals surface area contributed by atoms with Gasteiger partial charge >= 0.3 is 0 Å². The highest BCUT2D eigenvalue weighted by molar-refractivity contribution is 5.88. The molecule has 2 aromatic heterocycles. The van der Waals surface area contributed by atoms with Gasteiger partial charge in [0, 0.05) is 37.7 Å². The summed E-state index contributed by atoms with van der Waals surface area (Å²) in [4.78, 5) is 22.2. The molecule has 2 aromatic rings. The van der Waals surface area contributed by atoms with Crippen molar-refractivity contribution in [1.29, 1.82) is 5.26 Å². The van der Waals surface area contributed by atoms with Crippen molar-refractivity contribution in [3.8, 4) is 17.3 Å². The fraction of sp³-hybridized carbons (Fsp3) is 0.464. The summed E-state index contributed by atoms with van der Waals surface area (Å²) in [5, 5.41) is 27.8. The molecule has 3 aliphatic rings. The van der Waals surface area contributed by atoms with Crippen LogP contribution in [0.25, 0.3) is 17.3 Å². The van der Waals surface area contributed by atoms with E-state index in [1.807, 2.05) is 17.9 Å². The summed E-state index contributed by atoms with van der Waals surface area (Å²) in [6.07, 6.45) is 11.6. The van der Waals surface area contributed by atoms with Crippen LogP contribution < -0.4 is 4.90 Å². The normalized spacial score (nSPS) is 20.0. The first-order valence-electron chi connectivity index (χ1n) is 12.8. The Morgan fingerprint density at radius 3 is 2.78 bits per heavy atom. The van der Waals surface area contributed by atoms with Crippen molar-refractivity contribution in [3.05, 3.63) is 53.4 Å². The number of rotatable bonds is 8. The molecule has 0 spiro atoms. The third-order valence-electron chi connectivity index (χ3n) is 7.42. The minimum Gasteiger partial charge on any atom is -0.396 e. The van der Waals surface area contributed by atoms with Crippen molar-refractivity contribution in [1.82, 2.24) is 20.1 Å². The zero-order chi connectivity index (χ0) is 25.2. The van der Waals surface area contributed by atoms with Crippen molar-refractivity contribution in [3.63, 3.8) is 0 Å². The predicted octanol–water partition coefficient (Wildman–Crippen LogP) is 3.60. The molecule has 1 aliphatic heterocycles. The standard InChI is InChI=1S/C28H32N6O2/c1-3-19-14-23(32-30-16-19)26-18(2)22(15-29)28(31-27(26)21-9-10-21)33-11-12-34(24(17-33)20-7-8-20)25(36)6-4-5-13-35/h3-4,6,14,16,20-21,24,35H,1,5,7-13,17H2,2H3. The monoisotopic (exact) mass is 484 g/mol. The molecule has 3 heterocycles. The van der Waals surface area contributed by atoms with E-state index >= 15 is 0 Å². The number of pyridine rings is 1.